The van der Waals surface area contributed by atoms with Gasteiger partial charge in [-0.2, -0.15) is 0 Å². The van der Waals surface area contributed by atoms with Gasteiger partial charge in [-0.3, -0.25) is 19.3 Å². The Hall–Kier alpha value is -4.05. The van der Waals surface area contributed by atoms with Gasteiger partial charge in [0.2, 0.25) is 0 Å². The molecule has 4 fully saturated rings. The van der Waals surface area contributed by atoms with Crippen LogP contribution >= 0.6 is 0 Å². The molecule has 8 rings (SSSR count). The molecular formula is C57H78N2O7. The van der Waals surface area contributed by atoms with E-state index in [-0.39, 0.29) is 42.8 Å². The highest BCUT2D eigenvalue weighted by atomic mass is 16.8. The number of carbonyl (C=O) groups excluding carboxylic acids is 3. The fourth-order valence-electron chi connectivity index (χ4n) is 13.4. The lowest BCUT2D eigenvalue weighted by Gasteiger charge is -2.58. The van der Waals surface area contributed by atoms with E-state index in [4.69, 9.17) is 19.0 Å². The molecule has 1 heterocycles. The van der Waals surface area contributed by atoms with E-state index in [1.165, 1.54) is 67.7 Å². The smallest absolute Gasteiger partial charge is 0.306 e. The van der Waals surface area contributed by atoms with Gasteiger partial charge >= 0.3 is 11.9 Å². The molecule has 0 aromatic heterocycles. The second-order valence-corrected chi connectivity index (χ2v) is 21.8. The Morgan fingerprint density at radius 1 is 0.818 bits per heavy atom. The van der Waals surface area contributed by atoms with Crippen LogP contribution in [0.4, 0.5) is 0 Å². The Morgan fingerprint density at radius 3 is 2.38 bits per heavy atom. The zero-order valence-electron chi connectivity index (χ0n) is 40.7. The lowest BCUT2D eigenvalue weighted by atomic mass is 9.47. The van der Waals surface area contributed by atoms with Gasteiger partial charge in [0.1, 0.15) is 12.7 Å². The van der Waals surface area contributed by atoms with Crippen LogP contribution < -0.4 is 5.48 Å². The van der Waals surface area contributed by atoms with Gasteiger partial charge in [-0.05, 0) is 144 Å². The maximum atomic E-state index is 13.2. The number of rotatable bonds is 19. The monoisotopic (exact) mass is 903 g/mol. The first-order chi connectivity index (χ1) is 31.9. The number of hydrogen-bond donors (Lipinski definition) is 1. The summed E-state index contributed by atoms with van der Waals surface area (Å²) in [4.78, 5) is 46.7. The highest BCUT2D eigenvalue weighted by Crippen LogP contribution is 2.67. The third kappa shape index (κ3) is 11.6. The van der Waals surface area contributed by atoms with Gasteiger partial charge in [0.15, 0.2) is 6.29 Å². The fourth-order valence-corrected chi connectivity index (χ4v) is 13.4. The number of carbonyl (C=O) groups is 3. The van der Waals surface area contributed by atoms with Crippen LogP contribution in [-0.2, 0) is 41.7 Å². The van der Waals surface area contributed by atoms with Crippen molar-refractivity contribution in [1.82, 2.24) is 10.4 Å². The molecule has 1 unspecified atom stereocenters. The van der Waals surface area contributed by atoms with Crippen molar-refractivity contribution in [3.05, 3.63) is 95.1 Å². The van der Waals surface area contributed by atoms with Crippen molar-refractivity contribution in [2.75, 3.05) is 19.8 Å². The van der Waals surface area contributed by atoms with E-state index in [9.17, 15) is 14.4 Å². The molecule has 5 aliphatic rings. The third-order valence-corrected chi connectivity index (χ3v) is 17.0. The van der Waals surface area contributed by atoms with Crippen molar-refractivity contribution in [2.24, 2.45) is 46.3 Å². The molecule has 0 spiro atoms. The maximum absolute atomic E-state index is 13.2. The molecular weight excluding hydrogens is 825 g/mol. The van der Waals surface area contributed by atoms with Crippen molar-refractivity contribution in [2.45, 2.75) is 163 Å². The van der Waals surface area contributed by atoms with Gasteiger partial charge in [-0.15, -0.1) is 0 Å². The Kier molecular flexibility index (Phi) is 16.1. The number of hydrogen-bond acceptors (Lipinski definition) is 8. The molecule has 0 radical (unpaired) electrons. The predicted octanol–water partition coefficient (Wildman–Crippen LogP) is 12.3. The van der Waals surface area contributed by atoms with Gasteiger partial charge in [-0.1, -0.05) is 114 Å². The molecule has 3 aromatic carbocycles. The summed E-state index contributed by atoms with van der Waals surface area (Å²) in [6, 6.07) is 22.2. The van der Waals surface area contributed by atoms with Crippen molar-refractivity contribution >= 4 is 28.6 Å². The Morgan fingerprint density at radius 2 is 1.59 bits per heavy atom. The number of amides is 1. The normalized spacial score (nSPS) is 28.8. The number of benzene rings is 3. The van der Waals surface area contributed by atoms with E-state index in [0.717, 1.165) is 85.2 Å². The molecule has 9 atom stereocenters. The van der Waals surface area contributed by atoms with Gasteiger partial charge in [0.25, 0.3) is 5.91 Å². The topological polar surface area (TPSA) is 103 Å². The van der Waals surface area contributed by atoms with Crippen LogP contribution in [-0.4, -0.2) is 54.9 Å². The first-order valence-corrected chi connectivity index (χ1v) is 25.8. The predicted molar refractivity (Wildman–Crippen MR) is 260 cm³/mol. The molecule has 0 bridgehead atoms. The molecule has 1 aliphatic heterocycles. The minimum atomic E-state index is -0.415. The lowest BCUT2D eigenvalue weighted by molar-refractivity contribution is -0.186. The summed E-state index contributed by atoms with van der Waals surface area (Å²) in [6.45, 7) is 15.0. The lowest BCUT2D eigenvalue weighted by Crippen LogP contribution is -2.51. The van der Waals surface area contributed by atoms with Crippen LogP contribution in [0.1, 0.15) is 159 Å². The SMILES string of the molecule is CC(C)CCC[C@@H](C)[C@H]1CC[C@H]2[C@@H]3CC=C4C[C@@H](OC(=O)CCC(=O)OCCN(Cc5ccc(C(=O)NOC6CCCCO6)cc5)Cc5ccc6ccccc6c5)CC[C@]4(C)[C@H]3CC[C@]12C. The summed E-state index contributed by atoms with van der Waals surface area (Å²) in [5, 5.41) is 2.35. The maximum Gasteiger partial charge on any atom is 0.306 e. The number of hydroxylamine groups is 1. The second kappa shape index (κ2) is 21.9. The zero-order chi connectivity index (χ0) is 46.3. The minimum absolute atomic E-state index is 0.00198. The second-order valence-electron chi connectivity index (χ2n) is 21.8. The van der Waals surface area contributed by atoms with Crippen LogP contribution in [0.25, 0.3) is 10.8 Å². The number of allylic oxidation sites excluding steroid dienone is 1. The quantitative estimate of drug-likeness (QED) is 0.0721. The van der Waals surface area contributed by atoms with Gasteiger partial charge < -0.3 is 14.2 Å². The van der Waals surface area contributed by atoms with Crippen LogP contribution in [0.5, 0.6) is 0 Å². The van der Waals surface area contributed by atoms with E-state index in [1.54, 1.807) is 12.1 Å². The van der Waals surface area contributed by atoms with E-state index in [0.29, 0.717) is 37.2 Å². The molecule has 3 aromatic rings. The van der Waals surface area contributed by atoms with Gasteiger partial charge in [0.05, 0.1) is 12.8 Å². The average molecular weight is 903 g/mol. The van der Waals surface area contributed by atoms with Crippen LogP contribution in [0.2, 0.25) is 0 Å². The summed E-state index contributed by atoms with van der Waals surface area (Å²) >= 11 is 0. The number of fused-ring (bicyclic) bond motifs is 6. The average Bonchev–Trinajstić information content (AvgIpc) is 3.68. The number of nitrogens with zero attached hydrogens (tertiary/aromatic N) is 1. The first kappa shape index (κ1) is 48.4. The number of esters is 2. The van der Waals surface area contributed by atoms with Crippen molar-refractivity contribution in [1.29, 1.82) is 0 Å². The summed E-state index contributed by atoms with van der Waals surface area (Å²) in [7, 11) is 0. The summed E-state index contributed by atoms with van der Waals surface area (Å²) < 4.78 is 17.4. The Labute approximate surface area is 395 Å². The minimum Gasteiger partial charge on any atom is -0.464 e. The van der Waals surface area contributed by atoms with Crippen LogP contribution in [0.15, 0.2) is 78.4 Å². The molecule has 9 heteroatoms. The highest BCUT2D eigenvalue weighted by molar-refractivity contribution is 5.93. The van der Waals surface area contributed by atoms with E-state index in [2.05, 4.69) is 81.4 Å². The van der Waals surface area contributed by atoms with Crippen molar-refractivity contribution in [3.8, 4) is 0 Å². The molecule has 1 amide bonds. The highest BCUT2D eigenvalue weighted by Gasteiger charge is 2.59. The molecule has 1 saturated heterocycles. The number of ether oxygens (including phenoxy) is 3. The fraction of sp³-hybridized carbons (Fsp3) is 0.632. The van der Waals surface area contributed by atoms with E-state index in [1.807, 2.05) is 24.3 Å². The summed E-state index contributed by atoms with van der Waals surface area (Å²) in [6.07, 6.45) is 18.3. The molecule has 66 heavy (non-hydrogen) atoms. The van der Waals surface area contributed by atoms with E-state index >= 15 is 0 Å². The van der Waals surface area contributed by atoms with E-state index < -0.39 is 12.3 Å². The molecule has 1 N–H and O–H groups in total. The van der Waals surface area contributed by atoms with Crippen LogP contribution in [0, 0.1) is 46.3 Å². The van der Waals surface area contributed by atoms with Crippen molar-refractivity contribution < 1.29 is 33.4 Å². The largest absolute Gasteiger partial charge is 0.464 e. The number of nitrogens with one attached hydrogen (secondary N) is 1. The van der Waals surface area contributed by atoms with Crippen LogP contribution in [0.3, 0.4) is 0 Å². The zero-order valence-corrected chi connectivity index (χ0v) is 40.7. The van der Waals surface area contributed by atoms with Gasteiger partial charge in [-0.25, -0.2) is 10.3 Å². The molecule has 4 aliphatic carbocycles. The summed E-state index contributed by atoms with van der Waals surface area (Å²) in [5.41, 5.74) is 7.37. The van der Waals surface area contributed by atoms with Crippen molar-refractivity contribution in [3.63, 3.8) is 0 Å². The Balaban J connectivity index is 0.798. The molecule has 358 valence electrons. The summed E-state index contributed by atoms with van der Waals surface area (Å²) in [5.74, 6) is 3.77. The standard InChI is InChI=1S/C57H78N2O7/c1-39(2)11-10-12-40(3)49-24-25-50-48-23-22-46-36-47(28-30-56(46,4)51(48)29-31-57(49,50)5)65-53(61)27-26-52(60)63-34-32-59(38-42-18-19-43-13-6-7-14-45(43)35-42)37-41-16-20-44(21-17-41)55(62)58-66-54-15-8-9-33-64-54/h6-7,13-14,16-22,35,39-40,47-51,54H,8-12,15,23-34,36-38H2,1-5H3,(H,58,62)/t40-,47+,48+,49-,50+,51+,54?,56+,57-/m1/s1. The van der Waals surface area contributed by atoms with Gasteiger partial charge in [0, 0.05) is 44.6 Å². The molecule has 3 saturated carbocycles. The third-order valence-electron chi connectivity index (χ3n) is 17.0. The first-order valence-electron chi connectivity index (χ1n) is 25.8. The Bertz CT molecular complexity index is 2150. The molecule has 9 nitrogen and oxygen atoms in total.